The summed E-state index contributed by atoms with van der Waals surface area (Å²) in [6.07, 6.45) is 0.804. The third-order valence-electron chi connectivity index (χ3n) is 3.98. The fourth-order valence-electron chi connectivity index (χ4n) is 2.52. The van der Waals surface area contributed by atoms with Crippen LogP contribution in [0.15, 0.2) is 69.8 Å². The van der Waals surface area contributed by atoms with Gasteiger partial charge in [0.2, 0.25) is 0 Å². The molecule has 0 bridgehead atoms. The second-order valence-corrected chi connectivity index (χ2v) is 6.53. The van der Waals surface area contributed by atoms with Crippen LogP contribution >= 0.6 is 15.9 Å². The van der Waals surface area contributed by atoms with Gasteiger partial charge in [0.25, 0.3) is 5.91 Å². The minimum atomic E-state index is -0.811. The van der Waals surface area contributed by atoms with Crippen molar-refractivity contribution in [2.45, 2.75) is 6.10 Å². The summed E-state index contributed by atoms with van der Waals surface area (Å²) in [4.78, 5) is 12.4. The summed E-state index contributed by atoms with van der Waals surface area (Å²) in [7, 11) is 1.54. The lowest BCUT2D eigenvalue weighted by atomic mass is 10.1. The summed E-state index contributed by atoms with van der Waals surface area (Å²) in [6.45, 7) is 0.0998. The number of carbonyl (C=O) groups is 1. The van der Waals surface area contributed by atoms with Crippen LogP contribution in [0, 0.1) is 0 Å². The highest BCUT2D eigenvalue weighted by molar-refractivity contribution is 9.10. The zero-order valence-corrected chi connectivity index (χ0v) is 15.7. The lowest BCUT2D eigenvalue weighted by molar-refractivity contribution is 0.0915. The molecular formula is C20H18BrNO4. The van der Waals surface area contributed by atoms with Crippen LogP contribution in [0.4, 0.5) is 0 Å². The average molecular weight is 416 g/mol. The number of ether oxygens (including phenoxy) is 1. The van der Waals surface area contributed by atoms with Gasteiger partial charge in [-0.3, -0.25) is 4.79 Å². The van der Waals surface area contributed by atoms with Crippen molar-refractivity contribution in [2.75, 3.05) is 13.7 Å². The smallest absolute Gasteiger partial charge is 0.252 e. The summed E-state index contributed by atoms with van der Waals surface area (Å²) < 4.78 is 11.1. The van der Waals surface area contributed by atoms with Crippen LogP contribution in [0.2, 0.25) is 0 Å². The summed E-state index contributed by atoms with van der Waals surface area (Å²) in [5.41, 5.74) is 2.09. The first-order valence-corrected chi connectivity index (χ1v) is 8.81. The minimum absolute atomic E-state index is 0.0998. The fourth-order valence-corrected chi connectivity index (χ4v) is 2.95. The van der Waals surface area contributed by atoms with Gasteiger partial charge < -0.3 is 19.6 Å². The van der Waals surface area contributed by atoms with E-state index in [1.54, 1.807) is 31.6 Å². The second kappa shape index (κ2) is 8.21. The van der Waals surface area contributed by atoms with E-state index < -0.39 is 6.10 Å². The van der Waals surface area contributed by atoms with Gasteiger partial charge in [-0.15, -0.1) is 0 Å². The summed E-state index contributed by atoms with van der Waals surface area (Å²) >= 11 is 3.35. The van der Waals surface area contributed by atoms with E-state index in [1.165, 1.54) is 0 Å². The van der Waals surface area contributed by atoms with Gasteiger partial charge in [0.05, 0.1) is 25.0 Å². The number of nitrogens with one attached hydrogen (secondary N) is 1. The number of benzene rings is 2. The molecule has 3 rings (SSSR count). The molecule has 6 heteroatoms. The normalized spacial score (nSPS) is 11.8. The SMILES string of the molecule is COc1ccc(Br)c(C(=O)NC[C@H](O)c2ccc(-c3ccco3)cc2)c1. The molecule has 5 nitrogen and oxygen atoms in total. The molecule has 0 saturated heterocycles. The second-order valence-electron chi connectivity index (χ2n) is 5.67. The molecule has 3 aromatic rings. The lowest BCUT2D eigenvalue weighted by Crippen LogP contribution is -2.28. The Morgan fingerprint density at radius 3 is 2.65 bits per heavy atom. The van der Waals surface area contributed by atoms with Crippen molar-refractivity contribution in [3.05, 3.63) is 76.5 Å². The monoisotopic (exact) mass is 415 g/mol. The molecule has 2 N–H and O–H groups in total. The number of hydrogen-bond donors (Lipinski definition) is 2. The molecule has 1 atom stereocenters. The zero-order chi connectivity index (χ0) is 18.5. The molecule has 134 valence electrons. The van der Waals surface area contributed by atoms with Crippen LogP contribution in [-0.4, -0.2) is 24.7 Å². The van der Waals surface area contributed by atoms with Crippen molar-refractivity contribution >= 4 is 21.8 Å². The van der Waals surface area contributed by atoms with E-state index in [0.717, 1.165) is 11.3 Å². The Balaban J connectivity index is 1.63. The summed E-state index contributed by atoms with van der Waals surface area (Å²) in [5.74, 6) is 1.07. The molecule has 1 heterocycles. The molecule has 2 aromatic carbocycles. The van der Waals surface area contributed by atoms with Crippen LogP contribution in [0.1, 0.15) is 22.0 Å². The van der Waals surface area contributed by atoms with E-state index in [-0.39, 0.29) is 12.5 Å². The third-order valence-corrected chi connectivity index (χ3v) is 4.67. The molecule has 0 aliphatic heterocycles. The van der Waals surface area contributed by atoms with Gasteiger partial charge in [-0.2, -0.15) is 0 Å². The molecule has 0 unspecified atom stereocenters. The van der Waals surface area contributed by atoms with Crippen LogP contribution in [-0.2, 0) is 0 Å². The third kappa shape index (κ3) is 4.15. The van der Waals surface area contributed by atoms with E-state index in [2.05, 4.69) is 21.2 Å². The highest BCUT2D eigenvalue weighted by Crippen LogP contribution is 2.24. The van der Waals surface area contributed by atoms with Crippen molar-refractivity contribution in [3.8, 4) is 17.1 Å². The molecule has 1 amide bonds. The van der Waals surface area contributed by atoms with Crippen molar-refractivity contribution in [3.63, 3.8) is 0 Å². The highest BCUT2D eigenvalue weighted by Gasteiger charge is 2.14. The van der Waals surface area contributed by atoms with Crippen molar-refractivity contribution in [2.24, 2.45) is 0 Å². The molecule has 26 heavy (non-hydrogen) atoms. The molecule has 0 radical (unpaired) electrons. The Morgan fingerprint density at radius 2 is 2.00 bits per heavy atom. The van der Waals surface area contributed by atoms with Gasteiger partial charge >= 0.3 is 0 Å². The number of aliphatic hydroxyl groups excluding tert-OH is 1. The van der Waals surface area contributed by atoms with E-state index in [0.29, 0.717) is 21.3 Å². The molecule has 0 aliphatic rings. The van der Waals surface area contributed by atoms with Crippen molar-refractivity contribution in [1.82, 2.24) is 5.32 Å². The molecule has 0 spiro atoms. The Hall–Kier alpha value is -2.57. The van der Waals surface area contributed by atoms with Gasteiger partial charge in [-0.05, 0) is 51.8 Å². The quantitative estimate of drug-likeness (QED) is 0.633. The number of carbonyl (C=O) groups excluding carboxylic acids is 1. The van der Waals surface area contributed by atoms with Gasteiger partial charge in [0.1, 0.15) is 11.5 Å². The highest BCUT2D eigenvalue weighted by atomic mass is 79.9. The largest absolute Gasteiger partial charge is 0.497 e. The predicted molar refractivity (Wildman–Crippen MR) is 102 cm³/mol. The number of rotatable bonds is 6. The number of amides is 1. The standard InChI is InChI=1S/C20H18BrNO4/c1-25-15-8-9-17(21)16(11-15)20(24)22-12-18(23)13-4-6-14(7-5-13)19-3-2-10-26-19/h2-11,18,23H,12H2,1H3,(H,22,24)/t18-/m0/s1. The summed E-state index contributed by atoms with van der Waals surface area (Å²) in [5, 5.41) is 13.1. The number of hydrogen-bond acceptors (Lipinski definition) is 4. The van der Waals surface area contributed by atoms with Crippen molar-refractivity contribution in [1.29, 1.82) is 0 Å². The Labute approximate surface area is 159 Å². The fraction of sp³-hybridized carbons (Fsp3) is 0.150. The first kappa shape index (κ1) is 18.2. The lowest BCUT2D eigenvalue weighted by Gasteiger charge is -2.14. The van der Waals surface area contributed by atoms with Crippen LogP contribution < -0.4 is 10.1 Å². The van der Waals surface area contributed by atoms with Gasteiger partial charge in [-0.1, -0.05) is 24.3 Å². The molecular weight excluding hydrogens is 398 g/mol. The number of halogens is 1. The Bertz CT molecular complexity index is 875. The molecule has 1 aromatic heterocycles. The maximum absolute atomic E-state index is 12.4. The van der Waals surface area contributed by atoms with Gasteiger partial charge in [-0.25, -0.2) is 0 Å². The van der Waals surface area contributed by atoms with E-state index in [1.807, 2.05) is 36.4 Å². The maximum atomic E-state index is 12.4. The first-order chi connectivity index (χ1) is 12.6. The predicted octanol–water partition coefficient (Wildman–Crippen LogP) is 4.18. The van der Waals surface area contributed by atoms with Crippen LogP contribution in [0.3, 0.4) is 0 Å². The minimum Gasteiger partial charge on any atom is -0.497 e. The summed E-state index contributed by atoms with van der Waals surface area (Å²) in [6, 6.07) is 16.2. The van der Waals surface area contributed by atoms with Crippen LogP contribution in [0.25, 0.3) is 11.3 Å². The van der Waals surface area contributed by atoms with Crippen LogP contribution in [0.5, 0.6) is 5.75 Å². The number of furan rings is 1. The Morgan fingerprint density at radius 1 is 1.23 bits per heavy atom. The maximum Gasteiger partial charge on any atom is 0.252 e. The van der Waals surface area contributed by atoms with E-state index in [9.17, 15) is 9.90 Å². The van der Waals surface area contributed by atoms with Gasteiger partial charge in [0.15, 0.2) is 0 Å². The Kier molecular flexibility index (Phi) is 5.75. The molecule has 0 saturated carbocycles. The number of aliphatic hydroxyl groups is 1. The number of methoxy groups -OCH3 is 1. The average Bonchev–Trinajstić information content (AvgIpc) is 3.21. The molecule has 0 fully saturated rings. The van der Waals surface area contributed by atoms with E-state index >= 15 is 0 Å². The topological polar surface area (TPSA) is 71.7 Å². The molecule has 0 aliphatic carbocycles. The zero-order valence-electron chi connectivity index (χ0n) is 14.1. The van der Waals surface area contributed by atoms with Crippen molar-refractivity contribution < 1.29 is 19.1 Å². The van der Waals surface area contributed by atoms with Gasteiger partial charge in [0, 0.05) is 16.6 Å². The first-order valence-electron chi connectivity index (χ1n) is 8.02. The van der Waals surface area contributed by atoms with E-state index in [4.69, 9.17) is 9.15 Å².